The Balaban J connectivity index is 1.39. The molecule has 0 N–H and O–H groups in total. The topological polar surface area (TPSA) is 50.1 Å². The van der Waals surface area contributed by atoms with Gasteiger partial charge in [0.2, 0.25) is 0 Å². The smallest absolute Gasteiger partial charge is 0.169 e. The first kappa shape index (κ1) is 23.8. The van der Waals surface area contributed by atoms with Gasteiger partial charge < -0.3 is 4.90 Å². The van der Waals surface area contributed by atoms with E-state index in [0.29, 0.717) is 6.42 Å². The van der Waals surface area contributed by atoms with Crippen LogP contribution >= 0.6 is 11.3 Å². The third-order valence-corrected chi connectivity index (χ3v) is 7.71. The Bertz CT molecular complexity index is 1480. The highest BCUT2D eigenvalue weighted by Gasteiger charge is 2.24. The van der Waals surface area contributed by atoms with E-state index in [0.717, 1.165) is 78.8 Å². The van der Waals surface area contributed by atoms with E-state index in [-0.39, 0.29) is 5.82 Å². The van der Waals surface area contributed by atoms with Crippen LogP contribution in [0.25, 0.3) is 16.7 Å². The summed E-state index contributed by atoms with van der Waals surface area (Å²) in [4.78, 5) is 16.5. The van der Waals surface area contributed by atoms with Crippen molar-refractivity contribution in [2.75, 3.05) is 31.1 Å². The Labute approximate surface area is 220 Å². The van der Waals surface area contributed by atoms with E-state index in [1.54, 1.807) is 12.1 Å². The fourth-order valence-corrected chi connectivity index (χ4v) is 5.76. The molecule has 2 aromatic carbocycles. The lowest BCUT2D eigenvalue weighted by Gasteiger charge is -2.24. The van der Waals surface area contributed by atoms with Gasteiger partial charge in [-0.3, -0.25) is 4.90 Å². The quantitative estimate of drug-likeness (QED) is 0.295. The van der Waals surface area contributed by atoms with Crippen LogP contribution in [0, 0.1) is 12.7 Å². The highest BCUT2D eigenvalue weighted by Crippen LogP contribution is 2.30. The van der Waals surface area contributed by atoms with Crippen LogP contribution in [-0.2, 0) is 13.0 Å². The van der Waals surface area contributed by atoms with Gasteiger partial charge in [-0.1, -0.05) is 36.4 Å². The summed E-state index contributed by atoms with van der Waals surface area (Å²) < 4.78 is 15.5. The van der Waals surface area contributed by atoms with Crippen LogP contribution in [0.2, 0.25) is 0 Å². The van der Waals surface area contributed by atoms with Crippen LogP contribution < -0.4 is 4.90 Å². The molecule has 1 fully saturated rings. The number of aromatic nitrogens is 4. The number of benzene rings is 2. The summed E-state index contributed by atoms with van der Waals surface area (Å²) in [6, 6.07) is 21.0. The van der Waals surface area contributed by atoms with Crippen molar-refractivity contribution in [2.24, 2.45) is 0 Å². The third kappa shape index (κ3) is 5.12. The summed E-state index contributed by atoms with van der Waals surface area (Å²) in [5.74, 6) is 1.44. The normalized spacial score (nSPS) is 14.8. The van der Waals surface area contributed by atoms with Crippen molar-refractivity contribution in [2.45, 2.75) is 26.3 Å². The molecule has 0 spiro atoms. The minimum Gasteiger partial charge on any atom is -0.355 e. The van der Waals surface area contributed by atoms with Crippen molar-refractivity contribution in [3.05, 3.63) is 99.9 Å². The van der Waals surface area contributed by atoms with Crippen LogP contribution in [0.3, 0.4) is 0 Å². The Morgan fingerprint density at radius 2 is 1.73 bits per heavy atom. The van der Waals surface area contributed by atoms with Crippen molar-refractivity contribution in [3.63, 3.8) is 0 Å². The van der Waals surface area contributed by atoms with Gasteiger partial charge in [0.15, 0.2) is 5.65 Å². The maximum Gasteiger partial charge on any atom is 0.169 e. The Kier molecular flexibility index (Phi) is 6.68. The lowest BCUT2D eigenvalue weighted by molar-refractivity contribution is 0.288. The first-order chi connectivity index (χ1) is 18.1. The summed E-state index contributed by atoms with van der Waals surface area (Å²) in [6.07, 6.45) is 1.70. The zero-order valence-corrected chi connectivity index (χ0v) is 21.7. The van der Waals surface area contributed by atoms with Crippen LogP contribution in [0.4, 0.5) is 10.2 Å². The van der Waals surface area contributed by atoms with Crippen molar-refractivity contribution >= 4 is 28.2 Å². The molecule has 6 rings (SSSR count). The number of thiophene rings is 1. The number of nitrogens with zero attached hydrogens (tertiary/aromatic N) is 6. The number of halogens is 1. The molecule has 8 heteroatoms. The summed E-state index contributed by atoms with van der Waals surface area (Å²) in [6.45, 7) is 6.86. The van der Waals surface area contributed by atoms with Gasteiger partial charge in [-0.2, -0.15) is 5.10 Å². The Hall–Kier alpha value is -3.62. The lowest BCUT2D eigenvalue weighted by Crippen LogP contribution is -2.31. The van der Waals surface area contributed by atoms with E-state index < -0.39 is 0 Å². The van der Waals surface area contributed by atoms with Gasteiger partial charge in [0.25, 0.3) is 0 Å². The van der Waals surface area contributed by atoms with Crippen LogP contribution in [0.5, 0.6) is 0 Å². The second-order valence-corrected chi connectivity index (χ2v) is 10.5. The van der Waals surface area contributed by atoms with Crippen molar-refractivity contribution in [1.82, 2.24) is 24.6 Å². The van der Waals surface area contributed by atoms with Gasteiger partial charge in [-0.05, 0) is 54.6 Å². The number of hydrogen-bond donors (Lipinski definition) is 0. The molecule has 1 aliphatic heterocycles. The largest absolute Gasteiger partial charge is 0.355 e. The predicted molar refractivity (Wildman–Crippen MR) is 147 cm³/mol. The number of hydrogen-bond acceptors (Lipinski definition) is 6. The van der Waals surface area contributed by atoms with E-state index in [2.05, 4.69) is 39.4 Å². The number of aryl methyl sites for hydroxylation is 1. The maximum atomic E-state index is 13.7. The summed E-state index contributed by atoms with van der Waals surface area (Å²) in [7, 11) is 0. The van der Waals surface area contributed by atoms with E-state index in [1.807, 2.05) is 41.1 Å². The van der Waals surface area contributed by atoms with Crippen LogP contribution in [0.1, 0.15) is 28.4 Å². The molecule has 0 saturated carbocycles. The number of rotatable bonds is 6. The van der Waals surface area contributed by atoms with E-state index >= 15 is 0 Å². The third-order valence-electron chi connectivity index (χ3n) is 6.85. The summed E-state index contributed by atoms with van der Waals surface area (Å²) >= 11 is 1.82. The summed E-state index contributed by atoms with van der Waals surface area (Å²) in [5, 5.41) is 7.95. The van der Waals surface area contributed by atoms with E-state index in [9.17, 15) is 4.39 Å². The van der Waals surface area contributed by atoms with Gasteiger partial charge in [0.05, 0.1) is 16.8 Å². The number of anilines is 1. The highest BCUT2D eigenvalue weighted by atomic mass is 32.1. The molecular weight excluding hydrogens is 483 g/mol. The van der Waals surface area contributed by atoms with Crippen LogP contribution in [-0.4, -0.2) is 50.8 Å². The fourth-order valence-electron chi connectivity index (χ4n) is 5.02. The first-order valence-electron chi connectivity index (χ1n) is 12.7. The lowest BCUT2D eigenvalue weighted by atomic mass is 10.1. The van der Waals surface area contributed by atoms with Gasteiger partial charge in [-0.25, -0.2) is 19.0 Å². The predicted octanol–water partition coefficient (Wildman–Crippen LogP) is 5.63. The molecule has 0 amide bonds. The van der Waals surface area contributed by atoms with Crippen molar-refractivity contribution in [3.8, 4) is 5.69 Å². The van der Waals surface area contributed by atoms with Crippen LogP contribution in [0.15, 0.2) is 72.1 Å². The summed E-state index contributed by atoms with van der Waals surface area (Å²) in [5.41, 5.74) is 3.59. The molecule has 0 bridgehead atoms. The molecular formula is C29H29FN6S. The maximum absolute atomic E-state index is 13.7. The molecule has 0 atom stereocenters. The molecule has 37 heavy (non-hydrogen) atoms. The molecule has 0 aliphatic carbocycles. The molecule has 0 radical (unpaired) electrons. The molecule has 4 heterocycles. The van der Waals surface area contributed by atoms with Crippen molar-refractivity contribution in [1.29, 1.82) is 0 Å². The molecule has 188 valence electrons. The standard InChI is InChI=1S/C29H29FN6S/c1-21-27-28(35-15-6-14-34(16-17-35)20-25-9-5-18-37-25)31-26(19-22-7-3-2-4-8-22)32-29(27)36(33-21)24-12-10-23(30)11-13-24/h2-5,7-13,18H,6,14-17,19-20H2,1H3. The average Bonchev–Trinajstić information content (AvgIpc) is 3.46. The highest BCUT2D eigenvalue weighted by molar-refractivity contribution is 7.09. The second-order valence-electron chi connectivity index (χ2n) is 9.49. The number of fused-ring (bicyclic) bond motifs is 1. The van der Waals surface area contributed by atoms with E-state index in [1.165, 1.54) is 17.0 Å². The molecule has 6 nitrogen and oxygen atoms in total. The first-order valence-corrected chi connectivity index (χ1v) is 13.6. The van der Waals surface area contributed by atoms with E-state index in [4.69, 9.17) is 15.1 Å². The van der Waals surface area contributed by atoms with Gasteiger partial charge in [0.1, 0.15) is 17.5 Å². The molecule has 1 saturated heterocycles. The molecule has 0 unspecified atom stereocenters. The fraction of sp³-hybridized carbons (Fsp3) is 0.276. The van der Waals surface area contributed by atoms with Gasteiger partial charge in [0, 0.05) is 44.0 Å². The molecule has 5 aromatic rings. The molecule has 1 aliphatic rings. The van der Waals surface area contributed by atoms with Gasteiger partial charge in [-0.15, -0.1) is 11.3 Å². The molecule has 3 aromatic heterocycles. The SMILES string of the molecule is Cc1nn(-c2ccc(F)cc2)c2nc(Cc3ccccc3)nc(N3CCCN(Cc4cccs4)CC3)c12. The van der Waals surface area contributed by atoms with Crippen molar-refractivity contribution < 1.29 is 4.39 Å². The minimum absolute atomic E-state index is 0.270. The zero-order chi connectivity index (χ0) is 25.2. The monoisotopic (exact) mass is 512 g/mol. The zero-order valence-electron chi connectivity index (χ0n) is 20.8. The van der Waals surface area contributed by atoms with Gasteiger partial charge >= 0.3 is 0 Å². The average molecular weight is 513 g/mol. The second kappa shape index (κ2) is 10.4. The Morgan fingerprint density at radius 1 is 0.892 bits per heavy atom. The Morgan fingerprint density at radius 3 is 2.51 bits per heavy atom. The minimum atomic E-state index is -0.270.